The average molecular weight is 170 g/mol. The summed E-state index contributed by atoms with van der Waals surface area (Å²) in [6, 6.07) is 0.322. The van der Waals surface area contributed by atoms with Gasteiger partial charge in [0, 0.05) is 12.5 Å². The van der Waals surface area contributed by atoms with E-state index in [2.05, 4.69) is 19.2 Å². The molecule has 3 heteroatoms. The lowest BCUT2D eigenvalue weighted by Crippen LogP contribution is -2.39. The number of hydrogen-bond donors (Lipinski definition) is 2. The van der Waals surface area contributed by atoms with Crippen molar-refractivity contribution in [2.24, 2.45) is 17.6 Å². The van der Waals surface area contributed by atoms with Gasteiger partial charge >= 0.3 is 0 Å². The zero-order valence-electron chi connectivity index (χ0n) is 7.84. The topological polar surface area (TPSA) is 55.1 Å². The highest BCUT2D eigenvalue weighted by molar-refractivity contribution is 5.78. The largest absolute Gasteiger partial charge is 0.353 e. The fraction of sp³-hybridized carbons (Fsp3) is 0.889. The molecule has 1 amide bonds. The molecule has 0 aromatic heterocycles. The van der Waals surface area contributed by atoms with Gasteiger partial charge in [0.15, 0.2) is 0 Å². The molecule has 1 fully saturated rings. The third-order valence-corrected chi connectivity index (χ3v) is 2.67. The highest BCUT2D eigenvalue weighted by Crippen LogP contribution is 2.21. The van der Waals surface area contributed by atoms with E-state index in [0.29, 0.717) is 30.8 Å². The van der Waals surface area contributed by atoms with E-state index >= 15 is 0 Å². The number of carbonyl (C=O) groups is 1. The molecule has 0 aliphatic carbocycles. The van der Waals surface area contributed by atoms with Crippen molar-refractivity contribution < 1.29 is 4.79 Å². The Hall–Kier alpha value is -0.570. The van der Waals surface area contributed by atoms with Crippen LogP contribution in [0.15, 0.2) is 0 Å². The van der Waals surface area contributed by atoms with Gasteiger partial charge in [-0.15, -0.1) is 0 Å². The molecule has 1 aliphatic heterocycles. The van der Waals surface area contributed by atoms with Crippen LogP contribution in [0.5, 0.6) is 0 Å². The van der Waals surface area contributed by atoms with E-state index in [4.69, 9.17) is 5.73 Å². The Bertz CT molecular complexity index is 168. The first-order valence-electron chi connectivity index (χ1n) is 4.64. The van der Waals surface area contributed by atoms with Crippen LogP contribution in [0.3, 0.4) is 0 Å². The molecule has 2 unspecified atom stereocenters. The van der Waals surface area contributed by atoms with Crippen molar-refractivity contribution in [3.05, 3.63) is 0 Å². The third-order valence-electron chi connectivity index (χ3n) is 2.67. The van der Waals surface area contributed by atoms with E-state index in [1.807, 2.05) is 0 Å². The van der Waals surface area contributed by atoms with Gasteiger partial charge in [0.05, 0.1) is 0 Å². The first-order chi connectivity index (χ1) is 5.65. The summed E-state index contributed by atoms with van der Waals surface area (Å²) >= 11 is 0. The molecule has 0 aromatic carbocycles. The summed E-state index contributed by atoms with van der Waals surface area (Å²) in [5.41, 5.74) is 5.65. The zero-order valence-corrected chi connectivity index (χ0v) is 7.84. The summed E-state index contributed by atoms with van der Waals surface area (Å²) in [5.74, 6) is 1.17. The maximum Gasteiger partial charge on any atom is 0.220 e. The minimum atomic E-state index is 0.180. The number of nitrogens with one attached hydrogen (secondary N) is 1. The predicted molar refractivity (Wildman–Crippen MR) is 48.5 cm³/mol. The van der Waals surface area contributed by atoms with E-state index in [0.717, 1.165) is 6.42 Å². The van der Waals surface area contributed by atoms with Crippen molar-refractivity contribution in [2.45, 2.75) is 32.7 Å². The molecule has 12 heavy (non-hydrogen) atoms. The molecular weight excluding hydrogens is 152 g/mol. The maximum absolute atomic E-state index is 10.9. The number of amides is 1. The van der Waals surface area contributed by atoms with Gasteiger partial charge in [-0.3, -0.25) is 4.79 Å². The van der Waals surface area contributed by atoms with Crippen LogP contribution in [0.2, 0.25) is 0 Å². The van der Waals surface area contributed by atoms with Crippen LogP contribution in [0.4, 0.5) is 0 Å². The van der Waals surface area contributed by atoms with Gasteiger partial charge in [0.2, 0.25) is 5.91 Å². The summed E-state index contributed by atoms with van der Waals surface area (Å²) in [7, 11) is 0. The lowest BCUT2D eigenvalue weighted by Gasteiger charge is -2.25. The van der Waals surface area contributed by atoms with Crippen LogP contribution in [0, 0.1) is 11.8 Å². The van der Waals surface area contributed by atoms with Gasteiger partial charge in [-0.1, -0.05) is 13.8 Å². The van der Waals surface area contributed by atoms with Crippen LogP contribution in [0.25, 0.3) is 0 Å². The Kier molecular flexibility index (Phi) is 3.09. The second-order valence-electron chi connectivity index (χ2n) is 3.86. The Balaban J connectivity index is 2.49. The molecule has 1 saturated heterocycles. The predicted octanol–water partition coefficient (Wildman–Crippen LogP) is 0.496. The van der Waals surface area contributed by atoms with Crippen molar-refractivity contribution in [3.8, 4) is 0 Å². The van der Waals surface area contributed by atoms with Gasteiger partial charge in [-0.05, 0) is 24.8 Å². The van der Waals surface area contributed by atoms with E-state index in [1.54, 1.807) is 0 Å². The van der Waals surface area contributed by atoms with E-state index in [1.165, 1.54) is 0 Å². The van der Waals surface area contributed by atoms with Crippen LogP contribution in [-0.4, -0.2) is 18.5 Å². The van der Waals surface area contributed by atoms with Crippen LogP contribution < -0.4 is 11.1 Å². The van der Waals surface area contributed by atoms with Gasteiger partial charge in [0.25, 0.3) is 0 Å². The molecular formula is C9H18N2O. The zero-order chi connectivity index (χ0) is 9.14. The molecule has 1 rings (SSSR count). The summed E-state index contributed by atoms with van der Waals surface area (Å²) in [6.07, 6.45) is 1.63. The van der Waals surface area contributed by atoms with Crippen LogP contribution in [0.1, 0.15) is 26.7 Å². The molecule has 3 N–H and O–H groups in total. The quantitative estimate of drug-likeness (QED) is 0.648. The van der Waals surface area contributed by atoms with Crippen molar-refractivity contribution in [3.63, 3.8) is 0 Å². The fourth-order valence-electron chi connectivity index (χ4n) is 1.86. The summed E-state index contributed by atoms with van der Waals surface area (Å²) in [4.78, 5) is 10.9. The SMILES string of the molecule is CC(C)C(CN)C1CCC(=O)N1. The Morgan fingerprint density at radius 1 is 1.67 bits per heavy atom. The number of nitrogens with two attached hydrogens (primary N) is 1. The summed E-state index contributed by atoms with van der Waals surface area (Å²) in [6.45, 7) is 4.98. The molecule has 0 bridgehead atoms. The monoisotopic (exact) mass is 170 g/mol. The molecule has 1 heterocycles. The molecule has 3 nitrogen and oxygen atoms in total. The Morgan fingerprint density at radius 3 is 2.67 bits per heavy atom. The molecule has 0 saturated carbocycles. The normalized spacial score (nSPS) is 26.0. The second-order valence-corrected chi connectivity index (χ2v) is 3.86. The van der Waals surface area contributed by atoms with Gasteiger partial charge in [-0.25, -0.2) is 0 Å². The standard InChI is InChI=1S/C9H18N2O/c1-6(2)7(5-10)8-3-4-9(12)11-8/h6-8H,3-5,10H2,1-2H3,(H,11,12). The van der Waals surface area contributed by atoms with Crippen molar-refractivity contribution in [2.75, 3.05) is 6.54 Å². The lowest BCUT2D eigenvalue weighted by molar-refractivity contribution is -0.119. The number of rotatable bonds is 3. The minimum Gasteiger partial charge on any atom is -0.353 e. The third kappa shape index (κ3) is 1.97. The van der Waals surface area contributed by atoms with Crippen molar-refractivity contribution in [1.29, 1.82) is 0 Å². The summed E-state index contributed by atoms with van der Waals surface area (Å²) in [5, 5.41) is 2.97. The maximum atomic E-state index is 10.9. The van der Waals surface area contributed by atoms with E-state index in [-0.39, 0.29) is 5.91 Å². The Labute approximate surface area is 73.7 Å². The van der Waals surface area contributed by atoms with Crippen molar-refractivity contribution in [1.82, 2.24) is 5.32 Å². The number of hydrogen-bond acceptors (Lipinski definition) is 2. The van der Waals surface area contributed by atoms with Gasteiger partial charge < -0.3 is 11.1 Å². The van der Waals surface area contributed by atoms with Crippen LogP contribution in [-0.2, 0) is 4.79 Å². The molecule has 0 spiro atoms. The first-order valence-corrected chi connectivity index (χ1v) is 4.64. The van der Waals surface area contributed by atoms with E-state index in [9.17, 15) is 4.79 Å². The van der Waals surface area contributed by atoms with Crippen molar-refractivity contribution >= 4 is 5.91 Å². The molecule has 70 valence electrons. The molecule has 0 aromatic rings. The smallest absolute Gasteiger partial charge is 0.220 e. The molecule has 1 aliphatic rings. The van der Waals surface area contributed by atoms with Crippen LogP contribution >= 0.6 is 0 Å². The lowest BCUT2D eigenvalue weighted by atomic mass is 9.88. The Morgan fingerprint density at radius 2 is 2.33 bits per heavy atom. The molecule has 2 atom stereocenters. The average Bonchev–Trinajstić information content (AvgIpc) is 2.37. The fourth-order valence-corrected chi connectivity index (χ4v) is 1.86. The molecule has 0 radical (unpaired) electrons. The van der Waals surface area contributed by atoms with Gasteiger partial charge in [0.1, 0.15) is 0 Å². The van der Waals surface area contributed by atoms with E-state index < -0.39 is 0 Å². The highest BCUT2D eigenvalue weighted by Gasteiger charge is 2.29. The second kappa shape index (κ2) is 3.90. The highest BCUT2D eigenvalue weighted by atomic mass is 16.1. The minimum absolute atomic E-state index is 0.180. The number of carbonyl (C=O) groups excluding carboxylic acids is 1. The van der Waals surface area contributed by atoms with Gasteiger partial charge in [-0.2, -0.15) is 0 Å². The first kappa shape index (κ1) is 9.52. The summed E-state index contributed by atoms with van der Waals surface area (Å²) < 4.78 is 0.